The maximum absolute atomic E-state index is 13.8. The van der Waals surface area contributed by atoms with Crippen LogP contribution >= 0.6 is 11.6 Å². The molecule has 0 aliphatic rings. The molecular formula is C20H18ClFN4O. The normalized spacial score (nSPS) is 10.5. The molecule has 0 bridgehead atoms. The first-order valence-corrected chi connectivity index (χ1v) is 8.79. The van der Waals surface area contributed by atoms with Crippen molar-refractivity contribution in [2.75, 3.05) is 11.9 Å². The summed E-state index contributed by atoms with van der Waals surface area (Å²) in [7, 11) is 0. The highest BCUT2D eigenvalue weighted by molar-refractivity contribution is 6.30. The fourth-order valence-electron chi connectivity index (χ4n) is 2.53. The van der Waals surface area contributed by atoms with E-state index < -0.39 is 5.82 Å². The number of carbonyl (C=O) groups excluding carboxylic acids is 1. The molecule has 7 heteroatoms. The summed E-state index contributed by atoms with van der Waals surface area (Å²) in [6.07, 6.45) is 0.650. The van der Waals surface area contributed by atoms with E-state index in [1.165, 1.54) is 6.07 Å². The zero-order valence-corrected chi connectivity index (χ0v) is 15.4. The number of anilines is 2. The number of hydrogen-bond donors (Lipinski definition) is 2. The number of halogens is 2. The third-order valence-electron chi connectivity index (χ3n) is 3.80. The molecule has 0 saturated carbocycles. The minimum absolute atomic E-state index is 0.167. The number of rotatable bonds is 6. The average Bonchev–Trinajstić information content (AvgIpc) is 2.63. The molecule has 1 aromatic heterocycles. The van der Waals surface area contributed by atoms with E-state index in [9.17, 15) is 9.18 Å². The Morgan fingerprint density at radius 2 is 1.93 bits per heavy atom. The van der Waals surface area contributed by atoms with Gasteiger partial charge in [-0.05, 0) is 49.2 Å². The van der Waals surface area contributed by atoms with E-state index in [-0.39, 0.29) is 23.2 Å². The SMILES string of the molecule is Cc1cc(C(=O)NCCc2cccc(Cl)c2)nc(Nc2ccccc2F)n1. The monoisotopic (exact) mass is 384 g/mol. The van der Waals surface area contributed by atoms with Crippen LogP contribution in [0.4, 0.5) is 16.0 Å². The van der Waals surface area contributed by atoms with Crippen LogP contribution in [0.2, 0.25) is 5.02 Å². The predicted molar refractivity (Wildman–Crippen MR) is 104 cm³/mol. The van der Waals surface area contributed by atoms with Gasteiger partial charge in [-0.1, -0.05) is 35.9 Å². The Kier molecular flexibility index (Phi) is 5.98. The molecule has 27 heavy (non-hydrogen) atoms. The summed E-state index contributed by atoms with van der Waals surface area (Å²) in [5.74, 6) is -0.575. The third-order valence-corrected chi connectivity index (χ3v) is 4.03. The average molecular weight is 385 g/mol. The molecule has 1 amide bonds. The zero-order valence-electron chi connectivity index (χ0n) is 14.7. The van der Waals surface area contributed by atoms with E-state index in [1.54, 1.807) is 37.3 Å². The molecule has 0 fully saturated rings. The van der Waals surface area contributed by atoms with Crippen molar-refractivity contribution in [2.24, 2.45) is 0 Å². The van der Waals surface area contributed by atoms with Crippen molar-refractivity contribution in [2.45, 2.75) is 13.3 Å². The fraction of sp³-hybridized carbons (Fsp3) is 0.150. The van der Waals surface area contributed by atoms with Gasteiger partial charge in [-0.3, -0.25) is 4.79 Å². The van der Waals surface area contributed by atoms with E-state index >= 15 is 0 Å². The number of para-hydroxylation sites is 1. The molecule has 2 N–H and O–H groups in total. The number of hydrogen-bond acceptors (Lipinski definition) is 4. The Hall–Kier alpha value is -2.99. The number of amides is 1. The Morgan fingerprint density at radius 1 is 1.11 bits per heavy atom. The van der Waals surface area contributed by atoms with E-state index in [2.05, 4.69) is 20.6 Å². The summed E-state index contributed by atoms with van der Waals surface area (Å²) in [6, 6.07) is 15.3. The minimum atomic E-state index is -0.421. The van der Waals surface area contributed by atoms with Crippen molar-refractivity contribution < 1.29 is 9.18 Å². The molecule has 0 atom stereocenters. The van der Waals surface area contributed by atoms with Crippen molar-refractivity contribution in [3.63, 3.8) is 0 Å². The molecule has 1 heterocycles. The highest BCUT2D eigenvalue weighted by Crippen LogP contribution is 2.17. The van der Waals surface area contributed by atoms with Gasteiger partial charge in [-0.25, -0.2) is 14.4 Å². The van der Waals surface area contributed by atoms with Crippen LogP contribution in [0.15, 0.2) is 54.6 Å². The van der Waals surface area contributed by atoms with Gasteiger partial charge in [0.05, 0.1) is 5.69 Å². The van der Waals surface area contributed by atoms with Gasteiger partial charge in [0.25, 0.3) is 5.91 Å². The van der Waals surface area contributed by atoms with Crippen LogP contribution in [0.3, 0.4) is 0 Å². The third kappa shape index (κ3) is 5.24. The maximum Gasteiger partial charge on any atom is 0.270 e. The predicted octanol–water partition coefficient (Wildman–Crippen LogP) is 4.29. The Bertz CT molecular complexity index is 964. The first-order valence-electron chi connectivity index (χ1n) is 8.41. The van der Waals surface area contributed by atoms with Crippen LogP contribution < -0.4 is 10.6 Å². The van der Waals surface area contributed by atoms with E-state index in [4.69, 9.17) is 11.6 Å². The van der Waals surface area contributed by atoms with Gasteiger partial charge in [-0.15, -0.1) is 0 Å². The first kappa shape index (κ1) is 18.8. The molecule has 0 aliphatic carbocycles. The van der Waals surface area contributed by atoms with E-state index in [0.717, 1.165) is 5.56 Å². The van der Waals surface area contributed by atoms with Crippen LogP contribution in [0, 0.1) is 12.7 Å². The summed E-state index contributed by atoms with van der Waals surface area (Å²) in [4.78, 5) is 20.8. The molecule has 0 spiro atoms. The lowest BCUT2D eigenvalue weighted by molar-refractivity contribution is 0.0949. The van der Waals surface area contributed by atoms with Crippen LogP contribution in [0.1, 0.15) is 21.7 Å². The molecule has 0 radical (unpaired) electrons. The summed E-state index contributed by atoms with van der Waals surface area (Å²) in [5.41, 5.74) is 2.09. The second kappa shape index (κ2) is 8.60. The summed E-state index contributed by atoms with van der Waals surface area (Å²) >= 11 is 5.96. The van der Waals surface area contributed by atoms with Gasteiger partial charge in [0.2, 0.25) is 5.95 Å². The minimum Gasteiger partial charge on any atom is -0.350 e. The van der Waals surface area contributed by atoms with Crippen LogP contribution in [-0.2, 0) is 6.42 Å². The second-order valence-electron chi connectivity index (χ2n) is 5.96. The standard InChI is InChI=1S/C20H18ClFN4O/c1-13-11-18(19(27)23-10-9-14-5-4-6-15(21)12-14)26-20(24-13)25-17-8-3-2-7-16(17)22/h2-8,11-12H,9-10H2,1H3,(H,23,27)(H,24,25,26). The van der Waals surface area contributed by atoms with Crippen molar-refractivity contribution in [1.82, 2.24) is 15.3 Å². The first-order chi connectivity index (χ1) is 13.0. The highest BCUT2D eigenvalue weighted by atomic mass is 35.5. The zero-order chi connectivity index (χ0) is 19.2. The van der Waals surface area contributed by atoms with Crippen molar-refractivity contribution in [3.05, 3.63) is 82.4 Å². The lowest BCUT2D eigenvalue weighted by Crippen LogP contribution is -2.27. The molecule has 3 rings (SSSR count). The smallest absolute Gasteiger partial charge is 0.270 e. The summed E-state index contributed by atoms with van der Waals surface area (Å²) in [5, 5.41) is 6.29. The number of nitrogens with zero attached hydrogens (tertiary/aromatic N) is 2. The molecular weight excluding hydrogens is 367 g/mol. The van der Waals surface area contributed by atoms with Gasteiger partial charge in [-0.2, -0.15) is 0 Å². The fourth-order valence-corrected chi connectivity index (χ4v) is 2.74. The molecule has 0 aliphatic heterocycles. The number of benzene rings is 2. The number of aryl methyl sites for hydroxylation is 1. The van der Waals surface area contributed by atoms with Gasteiger partial charge in [0.1, 0.15) is 11.5 Å². The maximum atomic E-state index is 13.8. The second-order valence-corrected chi connectivity index (χ2v) is 6.40. The number of aromatic nitrogens is 2. The molecule has 2 aromatic carbocycles. The Labute approximate surface area is 161 Å². The van der Waals surface area contributed by atoms with Gasteiger partial charge >= 0.3 is 0 Å². The van der Waals surface area contributed by atoms with Crippen LogP contribution in [-0.4, -0.2) is 22.4 Å². The van der Waals surface area contributed by atoms with Crippen LogP contribution in [0.5, 0.6) is 0 Å². The van der Waals surface area contributed by atoms with Gasteiger partial charge in [0.15, 0.2) is 0 Å². The van der Waals surface area contributed by atoms with Crippen molar-refractivity contribution >= 4 is 29.1 Å². The highest BCUT2D eigenvalue weighted by Gasteiger charge is 2.11. The van der Waals surface area contributed by atoms with Gasteiger partial charge < -0.3 is 10.6 Å². The molecule has 138 valence electrons. The van der Waals surface area contributed by atoms with Crippen LogP contribution in [0.25, 0.3) is 0 Å². The Balaban J connectivity index is 1.66. The van der Waals surface area contributed by atoms with Gasteiger partial charge in [0, 0.05) is 17.3 Å². The van der Waals surface area contributed by atoms with E-state index in [1.807, 2.05) is 18.2 Å². The quantitative estimate of drug-likeness (QED) is 0.665. The molecule has 0 saturated heterocycles. The number of carbonyl (C=O) groups is 1. The summed E-state index contributed by atoms with van der Waals surface area (Å²) in [6.45, 7) is 2.19. The van der Waals surface area contributed by atoms with Crippen molar-refractivity contribution in [3.8, 4) is 0 Å². The summed E-state index contributed by atoms with van der Waals surface area (Å²) < 4.78 is 13.8. The number of nitrogens with one attached hydrogen (secondary N) is 2. The Morgan fingerprint density at radius 3 is 2.70 bits per heavy atom. The van der Waals surface area contributed by atoms with Crippen molar-refractivity contribution in [1.29, 1.82) is 0 Å². The van der Waals surface area contributed by atoms with E-state index in [0.29, 0.717) is 23.7 Å². The molecule has 5 nitrogen and oxygen atoms in total. The largest absolute Gasteiger partial charge is 0.350 e. The molecule has 3 aromatic rings. The lowest BCUT2D eigenvalue weighted by atomic mass is 10.1. The topological polar surface area (TPSA) is 66.9 Å². The molecule has 0 unspecified atom stereocenters. The lowest BCUT2D eigenvalue weighted by Gasteiger charge is -2.09.